The molecule has 3 nitrogen and oxygen atoms in total. The molecule has 1 heterocycles. The molecule has 1 aromatic rings. The molecule has 0 amide bonds. The van der Waals surface area contributed by atoms with Gasteiger partial charge in [-0.15, -0.1) is 0 Å². The molecular formula is C16H25NO2. The Hall–Kier alpha value is -1.22. The Morgan fingerprint density at radius 1 is 1.00 bits per heavy atom. The van der Waals surface area contributed by atoms with Gasteiger partial charge in [-0.3, -0.25) is 0 Å². The molecule has 1 aliphatic rings. The lowest BCUT2D eigenvalue weighted by molar-refractivity contribution is 0.171. The van der Waals surface area contributed by atoms with E-state index in [9.17, 15) is 0 Å². The summed E-state index contributed by atoms with van der Waals surface area (Å²) in [5.41, 5.74) is 1.46. The molecule has 1 N–H and O–H groups in total. The summed E-state index contributed by atoms with van der Waals surface area (Å²) in [4.78, 5) is 0. The third-order valence-electron chi connectivity index (χ3n) is 3.38. The number of ether oxygens (including phenoxy) is 2. The first-order chi connectivity index (χ1) is 8.78. The lowest BCUT2D eigenvalue weighted by Gasteiger charge is -2.31. The summed E-state index contributed by atoms with van der Waals surface area (Å²) in [5.74, 6) is 1.72. The minimum Gasteiger partial charge on any atom is -0.486 e. The molecule has 0 atom stereocenters. The summed E-state index contributed by atoms with van der Waals surface area (Å²) < 4.78 is 11.2. The number of nitrogens with one attached hydrogen (secondary N) is 1. The molecule has 0 saturated heterocycles. The summed E-state index contributed by atoms with van der Waals surface area (Å²) in [6, 6.07) is 6.26. The van der Waals surface area contributed by atoms with Crippen molar-refractivity contribution in [1.82, 2.24) is 5.32 Å². The first kappa shape index (κ1) is 14.2. The minimum absolute atomic E-state index is 0.0586. The molecule has 1 aliphatic heterocycles. The van der Waals surface area contributed by atoms with E-state index in [-0.39, 0.29) is 11.0 Å². The maximum atomic E-state index is 5.66. The van der Waals surface area contributed by atoms with Crippen LogP contribution in [0.2, 0.25) is 0 Å². The predicted octanol–water partition coefficient (Wildman–Crippen LogP) is 3.12. The molecule has 3 heteroatoms. The largest absolute Gasteiger partial charge is 0.486 e. The third kappa shape index (κ3) is 3.63. The zero-order valence-electron chi connectivity index (χ0n) is 12.7. The number of fused-ring (bicyclic) bond motifs is 1. The number of hydrogen-bond acceptors (Lipinski definition) is 3. The second kappa shape index (κ2) is 5.04. The lowest BCUT2D eigenvalue weighted by atomic mass is 9.83. The average molecular weight is 263 g/mol. The van der Waals surface area contributed by atoms with Crippen molar-refractivity contribution >= 4 is 0 Å². The van der Waals surface area contributed by atoms with Crippen LogP contribution in [0, 0.1) is 0 Å². The van der Waals surface area contributed by atoms with Gasteiger partial charge in [0.05, 0.1) is 0 Å². The zero-order valence-corrected chi connectivity index (χ0v) is 12.7. The van der Waals surface area contributed by atoms with E-state index in [1.54, 1.807) is 0 Å². The molecule has 0 fully saturated rings. The van der Waals surface area contributed by atoms with Gasteiger partial charge in [-0.05, 0) is 38.5 Å². The monoisotopic (exact) mass is 263 g/mol. The van der Waals surface area contributed by atoms with E-state index in [1.165, 1.54) is 5.56 Å². The van der Waals surface area contributed by atoms with Crippen LogP contribution in [-0.4, -0.2) is 25.3 Å². The predicted molar refractivity (Wildman–Crippen MR) is 78.2 cm³/mol. The highest BCUT2D eigenvalue weighted by Gasteiger charge is 2.25. The summed E-state index contributed by atoms with van der Waals surface area (Å²) in [5, 5.41) is 3.57. The average Bonchev–Trinajstić information content (AvgIpc) is 2.35. The van der Waals surface area contributed by atoms with Gasteiger partial charge in [-0.1, -0.05) is 19.9 Å². The van der Waals surface area contributed by atoms with Crippen LogP contribution in [0.5, 0.6) is 11.5 Å². The van der Waals surface area contributed by atoms with Crippen molar-refractivity contribution in [2.45, 2.75) is 45.6 Å². The topological polar surface area (TPSA) is 30.5 Å². The quantitative estimate of drug-likeness (QED) is 0.909. The van der Waals surface area contributed by atoms with Crippen LogP contribution in [0.15, 0.2) is 18.2 Å². The van der Waals surface area contributed by atoms with Crippen LogP contribution in [0.25, 0.3) is 0 Å². The smallest absolute Gasteiger partial charge is 0.161 e. The Bertz CT molecular complexity index is 447. The van der Waals surface area contributed by atoms with Gasteiger partial charge in [0, 0.05) is 17.5 Å². The summed E-state index contributed by atoms with van der Waals surface area (Å²) in [7, 11) is 0. The lowest BCUT2D eigenvalue weighted by Crippen LogP contribution is -2.43. The Balaban J connectivity index is 2.15. The van der Waals surface area contributed by atoms with E-state index in [0.29, 0.717) is 13.2 Å². The standard InChI is InChI=1S/C16H25NO2/c1-15(2,3)17-11-16(4,5)12-6-7-13-14(10-12)19-9-8-18-13/h6-7,10,17H,8-9,11H2,1-5H3. The maximum Gasteiger partial charge on any atom is 0.161 e. The van der Waals surface area contributed by atoms with E-state index >= 15 is 0 Å². The van der Waals surface area contributed by atoms with Crippen molar-refractivity contribution in [3.05, 3.63) is 23.8 Å². The fourth-order valence-corrected chi connectivity index (χ4v) is 2.05. The second-order valence-corrected chi connectivity index (χ2v) is 6.85. The fourth-order valence-electron chi connectivity index (χ4n) is 2.05. The van der Waals surface area contributed by atoms with Crippen LogP contribution >= 0.6 is 0 Å². The Labute approximate surface area is 116 Å². The Morgan fingerprint density at radius 2 is 1.63 bits per heavy atom. The Morgan fingerprint density at radius 3 is 2.26 bits per heavy atom. The van der Waals surface area contributed by atoms with Gasteiger partial charge in [0.1, 0.15) is 13.2 Å². The van der Waals surface area contributed by atoms with Crippen LogP contribution in [-0.2, 0) is 5.41 Å². The van der Waals surface area contributed by atoms with Crippen molar-refractivity contribution < 1.29 is 9.47 Å². The number of benzene rings is 1. The normalized spacial score (nSPS) is 15.4. The van der Waals surface area contributed by atoms with Gasteiger partial charge in [0.25, 0.3) is 0 Å². The maximum absolute atomic E-state index is 5.66. The summed E-state index contributed by atoms with van der Waals surface area (Å²) >= 11 is 0. The molecular weight excluding hydrogens is 238 g/mol. The van der Waals surface area contributed by atoms with Gasteiger partial charge in [0.2, 0.25) is 0 Å². The fraction of sp³-hybridized carbons (Fsp3) is 0.625. The highest BCUT2D eigenvalue weighted by Crippen LogP contribution is 2.35. The van der Waals surface area contributed by atoms with Crippen molar-refractivity contribution in [3.8, 4) is 11.5 Å². The summed E-state index contributed by atoms with van der Waals surface area (Å²) in [6.45, 7) is 13.3. The van der Waals surface area contributed by atoms with E-state index in [0.717, 1.165) is 18.0 Å². The number of hydrogen-bond donors (Lipinski definition) is 1. The zero-order chi connectivity index (χ0) is 14.1. The van der Waals surface area contributed by atoms with Crippen LogP contribution < -0.4 is 14.8 Å². The third-order valence-corrected chi connectivity index (χ3v) is 3.38. The van der Waals surface area contributed by atoms with Gasteiger partial charge in [-0.25, -0.2) is 0 Å². The molecule has 1 aromatic carbocycles. The molecule has 0 saturated carbocycles. The number of rotatable bonds is 3. The van der Waals surface area contributed by atoms with Crippen molar-refractivity contribution in [3.63, 3.8) is 0 Å². The minimum atomic E-state index is 0.0586. The molecule has 0 spiro atoms. The second-order valence-electron chi connectivity index (χ2n) is 6.85. The highest BCUT2D eigenvalue weighted by molar-refractivity contribution is 5.45. The SMILES string of the molecule is CC(C)(C)NCC(C)(C)c1ccc2c(c1)OCCO2. The van der Waals surface area contributed by atoms with Gasteiger partial charge >= 0.3 is 0 Å². The molecule has 0 aromatic heterocycles. The molecule has 0 aliphatic carbocycles. The van der Waals surface area contributed by atoms with E-state index in [2.05, 4.69) is 52.1 Å². The Kier molecular flexibility index (Phi) is 3.77. The molecule has 0 unspecified atom stereocenters. The van der Waals surface area contributed by atoms with Crippen LogP contribution in [0.3, 0.4) is 0 Å². The highest BCUT2D eigenvalue weighted by atomic mass is 16.6. The van der Waals surface area contributed by atoms with Gasteiger partial charge in [0.15, 0.2) is 11.5 Å². The summed E-state index contributed by atoms with van der Waals surface area (Å²) in [6.07, 6.45) is 0. The van der Waals surface area contributed by atoms with E-state index < -0.39 is 0 Å². The van der Waals surface area contributed by atoms with Gasteiger partial charge < -0.3 is 14.8 Å². The van der Waals surface area contributed by atoms with E-state index in [4.69, 9.17) is 9.47 Å². The van der Waals surface area contributed by atoms with Crippen LogP contribution in [0.4, 0.5) is 0 Å². The first-order valence-electron chi connectivity index (χ1n) is 6.93. The van der Waals surface area contributed by atoms with Crippen molar-refractivity contribution in [2.24, 2.45) is 0 Å². The van der Waals surface area contributed by atoms with Crippen LogP contribution in [0.1, 0.15) is 40.2 Å². The van der Waals surface area contributed by atoms with Crippen molar-refractivity contribution in [2.75, 3.05) is 19.8 Å². The first-order valence-corrected chi connectivity index (χ1v) is 6.93. The molecule has 0 radical (unpaired) electrons. The molecule has 2 rings (SSSR count). The van der Waals surface area contributed by atoms with Crippen molar-refractivity contribution in [1.29, 1.82) is 0 Å². The molecule has 0 bridgehead atoms. The van der Waals surface area contributed by atoms with Gasteiger partial charge in [-0.2, -0.15) is 0 Å². The van der Waals surface area contributed by atoms with E-state index in [1.807, 2.05) is 6.07 Å². The molecule has 106 valence electrons. The molecule has 19 heavy (non-hydrogen) atoms.